The second-order valence-electron chi connectivity index (χ2n) is 9.27. The third kappa shape index (κ3) is 11.3. The first-order chi connectivity index (χ1) is 19.0. The fourth-order valence-corrected chi connectivity index (χ4v) is 4.46. The Bertz CT molecular complexity index is 978. The largest absolute Gasteiger partial charge is 0.489 e. The third-order valence-corrected chi connectivity index (χ3v) is 6.28. The van der Waals surface area contributed by atoms with Gasteiger partial charge in [-0.05, 0) is 30.7 Å². The van der Waals surface area contributed by atoms with Crippen molar-refractivity contribution in [3.63, 3.8) is 0 Å². The Morgan fingerprint density at radius 1 is 0.825 bits per heavy atom. The molecule has 0 aliphatic carbocycles. The Hall–Kier alpha value is -3.50. The molecule has 15 nitrogen and oxygen atoms in total. The summed E-state index contributed by atoms with van der Waals surface area (Å²) in [6, 6.07) is 5.06. The summed E-state index contributed by atoms with van der Waals surface area (Å²) >= 11 is 0. The SMILES string of the molecule is CCC(Oc1ccc(OCC(=O)O)cc1)C1C(O)N(CC(=O)O)CCNCCN(CC(=O)O)CCN1CC(=O)O. The molecule has 3 atom stereocenters. The van der Waals surface area contributed by atoms with Gasteiger partial charge in [-0.2, -0.15) is 0 Å². The van der Waals surface area contributed by atoms with Gasteiger partial charge in [0, 0.05) is 39.3 Å². The first-order valence-corrected chi connectivity index (χ1v) is 12.9. The molecule has 0 aromatic heterocycles. The molecule has 224 valence electrons. The highest BCUT2D eigenvalue weighted by atomic mass is 16.5. The van der Waals surface area contributed by atoms with Gasteiger partial charge < -0.3 is 40.3 Å². The van der Waals surface area contributed by atoms with E-state index in [4.69, 9.17) is 14.6 Å². The number of benzene rings is 1. The molecule has 0 saturated carbocycles. The Morgan fingerprint density at radius 3 is 1.98 bits per heavy atom. The first-order valence-electron chi connectivity index (χ1n) is 12.9. The van der Waals surface area contributed by atoms with Crippen molar-refractivity contribution >= 4 is 23.9 Å². The zero-order valence-corrected chi connectivity index (χ0v) is 22.3. The van der Waals surface area contributed by atoms with Crippen molar-refractivity contribution in [3.05, 3.63) is 24.3 Å². The van der Waals surface area contributed by atoms with Crippen LogP contribution < -0.4 is 14.8 Å². The molecule has 1 heterocycles. The lowest BCUT2D eigenvalue weighted by Crippen LogP contribution is -2.62. The maximum Gasteiger partial charge on any atom is 0.341 e. The van der Waals surface area contributed by atoms with Crippen LogP contribution in [0.25, 0.3) is 0 Å². The van der Waals surface area contributed by atoms with Gasteiger partial charge in [-0.15, -0.1) is 0 Å². The molecule has 40 heavy (non-hydrogen) atoms. The van der Waals surface area contributed by atoms with Gasteiger partial charge in [0.15, 0.2) is 6.61 Å². The molecule has 1 aromatic rings. The molecule has 1 aromatic carbocycles. The Balaban J connectivity index is 2.42. The van der Waals surface area contributed by atoms with E-state index in [0.717, 1.165) is 0 Å². The van der Waals surface area contributed by atoms with Gasteiger partial charge in [-0.3, -0.25) is 29.1 Å². The number of rotatable bonds is 13. The highest BCUT2D eigenvalue weighted by Crippen LogP contribution is 2.24. The van der Waals surface area contributed by atoms with Crippen LogP contribution in [0.4, 0.5) is 0 Å². The van der Waals surface area contributed by atoms with Crippen LogP contribution in [0.5, 0.6) is 11.5 Å². The maximum absolute atomic E-state index is 11.9. The molecule has 3 unspecified atom stereocenters. The molecule has 0 radical (unpaired) electrons. The van der Waals surface area contributed by atoms with E-state index < -0.39 is 61.9 Å². The van der Waals surface area contributed by atoms with E-state index in [2.05, 4.69) is 5.32 Å². The quantitative estimate of drug-likeness (QED) is 0.164. The van der Waals surface area contributed by atoms with Crippen LogP contribution >= 0.6 is 0 Å². The van der Waals surface area contributed by atoms with E-state index in [-0.39, 0.29) is 26.2 Å². The minimum atomic E-state index is -1.45. The van der Waals surface area contributed by atoms with Gasteiger partial charge in [-0.25, -0.2) is 4.79 Å². The number of nitrogens with one attached hydrogen (secondary N) is 1. The van der Waals surface area contributed by atoms with Gasteiger partial charge in [0.25, 0.3) is 0 Å². The van der Waals surface area contributed by atoms with Crippen LogP contribution in [0.2, 0.25) is 0 Å². The van der Waals surface area contributed by atoms with Crippen molar-refractivity contribution in [3.8, 4) is 11.5 Å². The molecule has 0 bridgehead atoms. The average Bonchev–Trinajstić information content (AvgIpc) is 2.87. The molecular formula is C25H38N4O11. The normalized spacial score (nSPS) is 20.9. The molecule has 2 rings (SSSR count). The summed E-state index contributed by atoms with van der Waals surface area (Å²) in [5.41, 5.74) is 0. The number of aliphatic hydroxyl groups excluding tert-OH is 1. The van der Waals surface area contributed by atoms with Crippen LogP contribution in [0.3, 0.4) is 0 Å². The van der Waals surface area contributed by atoms with E-state index in [9.17, 15) is 39.6 Å². The number of ether oxygens (including phenoxy) is 2. The molecule has 0 spiro atoms. The minimum Gasteiger partial charge on any atom is -0.489 e. The van der Waals surface area contributed by atoms with Crippen LogP contribution in [0.1, 0.15) is 13.3 Å². The number of nitrogens with zero attached hydrogens (tertiary/aromatic N) is 3. The zero-order valence-electron chi connectivity index (χ0n) is 22.3. The third-order valence-electron chi connectivity index (χ3n) is 6.28. The van der Waals surface area contributed by atoms with E-state index in [1.165, 1.54) is 34.1 Å². The molecule has 6 N–H and O–H groups in total. The Labute approximate surface area is 231 Å². The Morgan fingerprint density at radius 2 is 1.40 bits per heavy atom. The fraction of sp³-hybridized carbons (Fsp3) is 0.600. The van der Waals surface area contributed by atoms with E-state index in [1.54, 1.807) is 11.8 Å². The summed E-state index contributed by atoms with van der Waals surface area (Å²) in [5, 5.41) is 52.0. The van der Waals surface area contributed by atoms with Crippen LogP contribution in [-0.4, -0.2) is 148 Å². The summed E-state index contributed by atoms with van der Waals surface area (Å²) in [7, 11) is 0. The van der Waals surface area contributed by atoms with E-state index in [1.807, 2.05) is 0 Å². The van der Waals surface area contributed by atoms with Gasteiger partial charge in [0.2, 0.25) is 0 Å². The minimum absolute atomic E-state index is 0.0596. The molecule has 1 fully saturated rings. The monoisotopic (exact) mass is 570 g/mol. The summed E-state index contributed by atoms with van der Waals surface area (Å²) in [6.45, 7) is 1.41. The van der Waals surface area contributed by atoms with Crippen molar-refractivity contribution in [1.82, 2.24) is 20.0 Å². The standard InChI is InChI=1S/C25H38N4O11/c1-2-19(40-18-5-3-17(4-6-18)39-16-23(36)37)24-25(38)29(15-22(34)35)10-8-26-7-9-27(13-20(30)31)11-12-28(24)14-21(32)33/h3-6,19,24-26,38H,2,7-16H2,1H3,(H,30,31)(H,32,33)(H,34,35)(H,36,37). The van der Waals surface area contributed by atoms with Crippen molar-refractivity contribution in [2.45, 2.75) is 31.7 Å². The van der Waals surface area contributed by atoms with E-state index >= 15 is 0 Å². The molecule has 1 saturated heterocycles. The number of hydrogen-bond donors (Lipinski definition) is 6. The van der Waals surface area contributed by atoms with Gasteiger partial charge >= 0.3 is 23.9 Å². The van der Waals surface area contributed by atoms with E-state index in [0.29, 0.717) is 37.6 Å². The Kier molecular flexibility index (Phi) is 13.5. The number of aliphatic carboxylic acids is 4. The van der Waals surface area contributed by atoms with Crippen LogP contribution in [0.15, 0.2) is 24.3 Å². The first kappa shape index (κ1) is 32.7. The molecule has 1 aliphatic heterocycles. The summed E-state index contributed by atoms with van der Waals surface area (Å²) in [6.07, 6.45) is -1.97. The summed E-state index contributed by atoms with van der Waals surface area (Å²) in [4.78, 5) is 50.1. The highest BCUT2D eigenvalue weighted by molar-refractivity contribution is 5.70. The van der Waals surface area contributed by atoms with Crippen molar-refractivity contribution in [2.75, 3.05) is 65.5 Å². The topological polar surface area (TPSA) is 210 Å². The zero-order chi connectivity index (χ0) is 29.7. The predicted molar refractivity (Wildman–Crippen MR) is 139 cm³/mol. The molecular weight excluding hydrogens is 532 g/mol. The van der Waals surface area contributed by atoms with Crippen molar-refractivity contribution < 1.29 is 54.2 Å². The summed E-state index contributed by atoms with van der Waals surface area (Å²) < 4.78 is 11.3. The highest BCUT2D eigenvalue weighted by Gasteiger charge is 2.39. The second-order valence-corrected chi connectivity index (χ2v) is 9.27. The number of aliphatic hydroxyl groups is 1. The lowest BCUT2D eigenvalue weighted by atomic mass is 10.0. The lowest BCUT2D eigenvalue weighted by Gasteiger charge is -2.43. The molecule has 1 aliphatic rings. The van der Waals surface area contributed by atoms with Crippen LogP contribution in [0, 0.1) is 0 Å². The fourth-order valence-electron chi connectivity index (χ4n) is 4.46. The number of hydrogen-bond acceptors (Lipinski definition) is 11. The predicted octanol–water partition coefficient (Wildman–Crippen LogP) is -1.24. The molecule has 0 amide bonds. The molecule has 15 heteroatoms. The number of carbonyl (C=O) groups is 4. The van der Waals surface area contributed by atoms with Crippen LogP contribution in [-0.2, 0) is 19.2 Å². The second kappa shape index (κ2) is 16.6. The maximum atomic E-state index is 11.9. The number of carboxylic acids is 4. The average molecular weight is 571 g/mol. The van der Waals surface area contributed by atoms with Crippen molar-refractivity contribution in [1.29, 1.82) is 0 Å². The van der Waals surface area contributed by atoms with Gasteiger partial charge in [0.1, 0.15) is 23.8 Å². The van der Waals surface area contributed by atoms with Crippen molar-refractivity contribution in [2.24, 2.45) is 0 Å². The summed E-state index contributed by atoms with van der Waals surface area (Å²) in [5.74, 6) is -3.90. The lowest BCUT2D eigenvalue weighted by molar-refractivity contribution is -0.151. The number of carboxylic acid groups (broad SMARTS) is 4. The smallest absolute Gasteiger partial charge is 0.341 e. The van der Waals surface area contributed by atoms with Gasteiger partial charge in [-0.1, -0.05) is 6.92 Å². The van der Waals surface area contributed by atoms with Gasteiger partial charge in [0.05, 0.1) is 25.7 Å².